The van der Waals surface area contributed by atoms with Crippen molar-refractivity contribution in [2.75, 3.05) is 4.72 Å². The molecule has 4 rings (SSSR count). The van der Waals surface area contributed by atoms with E-state index in [0.29, 0.717) is 22.4 Å². The fourth-order valence-electron chi connectivity index (χ4n) is 2.95. The first kappa shape index (κ1) is 18.8. The second-order valence-electron chi connectivity index (χ2n) is 6.10. The van der Waals surface area contributed by atoms with Gasteiger partial charge in [0.05, 0.1) is 5.02 Å². The molecule has 0 amide bonds. The molecule has 0 atom stereocenters. The summed E-state index contributed by atoms with van der Waals surface area (Å²) in [6.45, 7) is 0. The molecule has 3 aromatic rings. The Morgan fingerprint density at radius 1 is 1.25 bits per heavy atom. The largest absolute Gasteiger partial charge is 0.273 e. The molecule has 0 aliphatic heterocycles. The molecule has 2 aromatic carbocycles. The maximum atomic E-state index is 14.8. The van der Waals surface area contributed by atoms with Crippen molar-refractivity contribution in [1.82, 2.24) is 10.2 Å². The van der Waals surface area contributed by atoms with Gasteiger partial charge in [0.15, 0.2) is 11.6 Å². The van der Waals surface area contributed by atoms with Crippen LogP contribution in [0.5, 0.6) is 0 Å². The zero-order valence-electron chi connectivity index (χ0n) is 14.2. The number of aromatic nitrogens is 2. The van der Waals surface area contributed by atoms with Gasteiger partial charge in [0, 0.05) is 22.2 Å². The number of hydrogen-bond acceptors (Lipinski definition) is 4. The van der Waals surface area contributed by atoms with Gasteiger partial charge in [0.25, 0.3) is 10.0 Å². The van der Waals surface area contributed by atoms with E-state index in [1.807, 2.05) is 6.07 Å². The summed E-state index contributed by atoms with van der Waals surface area (Å²) in [4.78, 5) is 0.299. The molecule has 28 heavy (non-hydrogen) atoms. The molecule has 9 heteroatoms. The van der Waals surface area contributed by atoms with E-state index in [-0.39, 0.29) is 26.6 Å². The summed E-state index contributed by atoms with van der Waals surface area (Å²) < 4.78 is 42.7. The van der Waals surface area contributed by atoms with Crippen LogP contribution in [0.15, 0.2) is 59.5 Å². The molecule has 0 fully saturated rings. The molecule has 1 aliphatic rings. The van der Waals surface area contributed by atoms with Crippen LogP contribution in [0, 0.1) is 5.82 Å². The molecular formula is C19H13ClFN3O2S2. The summed E-state index contributed by atoms with van der Waals surface area (Å²) in [5.41, 5.74) is 1.15. The van der Waals surface area contributed by atoms with Gasteiger partial charge in [0.1, 0.15) is 10.4 Å². The van der Waals surface area contributed by atoms with Gasteiger partial charge in [0.2, 0.25) is 0 Å². The molecule has 0 radical (unpaired) electrons. The number of sulfonamides is 1. The molecule has 142 valence electrons. The van der Waals surface area contributed by atoms with Crippen LogP contribution in [-0.2, 0) is 10.0 Å². The summed E-state index contributed by atoms with van der Waals surface area (Å²) in [6.07, 6.45) is 5.19. The van der Waals surface area contributed by atoms with E-state index in [4.69, 9.17) is 23.8 Å². The highest BCUT2D eigenvalue weighted by molar-refractivity contribution is 7.99. The van der Waals surface area contributed by atoms with E-state index in [0.717, 1.165) is 0 Å². The third-order valence-electron chi connectivity index (χ3n) is 4.31. The van der Waals surface area contributed by atoms with Gasteiger partial charge in [-0.1, -0.05) is 66.3 Å². The van der Waals surface area contributed by atoms with Crippen LogP contribution in [0.2, 0.25) is 5.02 Å². The van der Waals surface area contributed by atoms with E-state index in [1.54, 1.807) is 42.5 Å². The van der Waals surface area contributed by atoms with E-state index in [9.17, 15) is 12.8 Å². The Bertz CT molecular complexity index is 1270. The van der Waals surface area contributed by atoms with Gasteiger partial charge in [-0.2, -0.15) is 5.10 Å². The van der Waals surface area contributed by atoms with Gasteiger partial charge in [-0.15, -0.1) is 0 Å². The Labute approximate surface area is 171 Å². The van der Waals surface area contributed by atoms with Crippen LogP contribution < -0.4 is 4.72 Å². The first-order valence-corrected chi connectivity index (χ1v) is 10.5. The number of aromatic amines is 1. The lowest BCUT2D eigenvalue weighted by atomic mass is 10.0. The third-order valence-corrected chi connectivity index (χ3v) is 6.62. The minimum atomic E-state index is -3.97. The van der Waals surface area contributed by atoms with Gasteiger partial charge in [-0.25, -0.2) is 12.8 Å². The lowest BCUT2D eigenvalue weighted by Crippen LogP contribution is -2.21. The Hall–Kier alpha value is -2.55. The second-order valence-corrected chi connectivity index (χ2v) is 8.63. The zero-order valence-corrected chi connectivity index (χ0v) is 16.6. The maximum absolute atomic E-state index is 14.8. The first-order chi connectivity index (χ1) is 13.4. The molecule has 1 aliphatic carbocycles. The van der Waals surface area contributed by atoms with Crippen molar-refractivity contribution >= 4 is 55.4 Å². The Morgan fingerprint density at radius 2 is 2.00 bits per heavy atom. The van der Waals surface area contributed by atoms with Crippen LogP contribution in [0.1, 0.15) is 6.42 Å². The number of benzene rings is 2. The molecular weight excluding hydrogens is 421 g/mol. The number of rotatable bonds is 4. The van der Waals surface area contributed by atoms with Crippen molar-refractivity contribution in [2.45, 2.75) is 6.42 Å². The predicted octanol–water partition coefficient (Wildman–Crippen LogP) is 4.98. The normalized spacial score (nSPS) is 14.4. The Morgan fingerprint density at radius 3 is 2.71 bits per heavy atom. The molecule has 0 spiro atoms. The van der Waals surface area contributed by atoms with Crippen LogP contribution in [0.25, 0.3) is 22.0 Å². The number of H-pyrrole nitrogens is 1. The summed E-state index contributed by atoms with van der Waals surface area (Å²) in [5, 5.41) is 6.64. The number of nitrogens with one attached hydrogen (secondary N) is 2. The number of thiocarbonyl (C=S) groups is 1. The molecule has 0 saturated carbocycles. The van der Waals surface area contributed by atoms with Crippen LogP contribution in [-0.4, -0.2) is 23.5 Å². The highest BCUT2D eigenvalue weighted by atomic mass is 35.5. The Balaban J connectivity index is 1.83. The number of hydrogen-bond donors (Lipinski definition) is 2. The molecule has 0 unspecified atom stereocenters. The quantitative estimate of drug-likeness (QED) is 0.569. The van der Waals surface area contributed by atoms with Gasteiger partial charge < -0.3 is 0 Å². The first-order valence-electron chi connectivity index (χ1n) is 8.23. The molecule has 0 saturated heterocycles. The second kappa shape index (κ2) is 7.12. The van der Waals surface area contributed by atoms with Crippen LogP contribution in [0.3, 0.4) is 0 Å². The highest BCUT2D eigenvalue weighted by Gasteiger charge is 2.25. The highest BCUT2D eigenvalue weighted by Crippen LogP contribution is 2.37. The molecule has 5 nitrogen and oxygen atoms in total. The average molecular weight is 434 g/mol. The number of anilines is 1. The van der Waals surface area contributed by atoms with Crippen molar-refractivity contribution in [2.24, 2.45) is 0 Å². The van der Waals surface area contributed by atoms with Gasteiger partial charge in [-0.05, 0) is 17.7 Å². The van der Waals surface area contributed by atoms with E-state index < -0.39 is 15.8 Å². The van der Waals surface area contributed by atoms with Crippen molar-refractivity contribution in [3.63, 3.8) is 0 Å². The van der Waals surface area contributed by atoms with Crippen molar-refractivity contribution in [1.29, 1.82) is 0 Å². The number of allylic oxidation sites excluding steroid dienone is 4. The molecule has 2 N–H and O–H groups in total. The maximum Gasteiger partial charge on any atom is 0.264 e. The smallest absolute Gasteiger partial charge is 0.264 e. The summed E-state index contributed by atoms with van der Waals surface area (Å²) in [5.74, 6) is -0.729. The minimum Gasteiger partial charge on any atom is -0.273 e. The third kappa shape index (κ3) is 3.23. The number of halogens is 2. The van der Waals surface area contributed by atoms with Gasteiger partial charge >= 0.3 is 0 Å². The van der Waals surface area contributed by atoms with E-state index >= 15 is 0 Å². The fourth-order valence-corrected chi connectivity index (χ4v) is 4.86. The average Bonchev–Trinajstić information content (AvgIpc) is 3.07. The zero-order chi connectivity index (χ0) is 19.9. The summed E-state index contributed by atoms with van der Waals surface area (Å²) in [7, 11) is -3.97. The van der Waals surface area contributed by atoms with Crippen molar-refractivity contribution in [3.8, 4) is 11.1 Å². The topological polar surface area (TPSA) is 74.8 Å². The SMILES string of the molecule is O=S(=O)(Nc1n[nH]c2c(F)c(Cl)c(-c3ccccc3)cc12)C1=CC=CCC1=S. The van der Waals surface area contributed by atoms with Crippen LogP contribution >= 0.6 is 23.8 Å². The van der Waals surface area contributed by atoms with E-state index in [2.05, 4.69) is 14.9 Å². The van der Waals surface area contributed by atoms with Gasteiger partial charge in [-0.3, -0.25) is 9.82 Å². The monoisotopic (exact) mass is 433 g/mol. The molecule has 0 bridgehead atoms. The molecule has 1 heterocycles. The van der Waals surface area contributed by atoms with E-state index in [1.165, 1.54) is 6.08 Å². The minimum absolute atomic E-state index is 0.00105. The Kier molecular flexibility index (Phi) is 4.78. The predicted molar refractivity (Wildman–Crippen MR) is 113 cm³/mol. The van der Waals surface area contributed by atoms with Crippen molar-refractivity contribution < 1.29 is 12.8 Å². The lowest BCUT2D eigenvalue weighted by Gasteiger charge is -2.12. The van der Waals surface area contributed by atoms with Crippen LogP contribution in [0.4, 0.5) is 10.2 Å². The lowest BCUT2D eigenvalue weighted by molar-refractivity contribution is 0.608. The fraction of sp³-hybridized carbons (Fsp3) is 0.0526. The summed E-state index contributed by atoms with van der Waals surface area (Å²) in [6, 6.07) is 10.6. The summed E-state index contributed by atoms with van der Waals surface area (Å²) >= 11 is 11.3. The number of nitrogens with zero attached hydrogens (tertiary/aromatic N) is 1. The standard InChI is InChI=1S/C19H13ClFN3O2S2/c20-16-12(11-6-2-1-3-7-11)10-13-18(17(16)21)22-23-19(13)24-28(25,26)15-9-5-4-8-14(15)27/h1-7,9-10H,8H2,(H2,22,23,24). The van der Waals surface area contributed by atoms with Crippen molar-refractivity contribution in [3.05, 3.63) is 70.4 Å². The molecule has 1 aromatic heterocycles. The number of fused-ring (bicyclic) bond motifs is 1.